The Morgan fingerprint density at radius 2 is 2.00 bits per heavy atom. The lowest BCUT2D eigenvalue weighted by Crippen LogP contribution is -2.26. The van der Waals surface area contributed by atoms with E-state index in [9.17, 15) is 0 Å². The second-order valence-electron chi connectivity index (χ2n) is 6.12. The van der Waals surface area contributed by atoms with Crippen LogP contribution < -0.4 is 5.32 Å². The van der Waals surface area contributed by atoms with Crippen LogP contribution in [0.2, 0.25) is 10.0 Å². The smallest absolute Gasteiger partial charge is 0.227 e. The van der Waals surface area contributed by atoms with Crippen LogP contribution >= 0.6 is 23.2 Å². The molecule has 0 aliphatic heterocycles. The topological polar surface area (TPSA) is 64.3 Å². The van der Waals surface area contributed by atoms with E-state index in [1.807, 2.05) is 26.0 Å². The molecular weight excluding hydrogens is 373 g/mol. The van der Waals surface area contributed by atoms with Crippen molar-refractivity contribution in [1.29, 1.82) is 0 Å². The van der Waals surface area contributed by atoms with Crippen LogP contribution in [0.15, 0.2) is 18.2 Å². The van der Waals surface area contributed by atoms with Crippen LogP contribution in [0, 0.1) is 13.8 Å². The van der Waals surface area contributed by atoms with Crippen molar-refractivity contribution in [2.45, 2.75) is 33.2 Å². The Balaban J connectivity index is 2.17. The van der Waals surface area contributed by atoms with Crippen LogP contribution in [0.5, 0.6) is 0 Å². The molecule has 0 saturated carbocycles. The van der Waals surface area contributed by atoms with Gasteiger partial charge in [0.1, 0.15) is 5.82 Å². The predicted octanol–water partition coefficient (Wildman–Crippen LogP) is 4.55. The minimum absolute atomic E-state index is 0.129. The van der Waals surface area contributed by atoms with Crippen molar-refractivity contribution in [2.75, 3.05) is 19.0 Å². The fourth-order valence-corrected chi connectivity index (χ4v) is 3.39. The van der Waals surface area contributed by atoms with Gasteiger partial charge >= 0.3 is 0 Å². The largest absolute Gasteiger partial charge is 0.383 e. The lowest BCUT2D eigenvalue weighted by molar-refractivity contribution is 0.184. The van der Waals surface area contributed by atoms with Crippen molar-refractivity contribution in [3.8, 4) is 11.1 Å². The number of hydrogen-bond donors (Lipinski definition) is 1. The Bertz CT molecular complexity index is 941. The molecule has 1 N–H and O–H groups in total. The molecule has 3 aromatic rings. The van der Waals surface area contributed by atoms with Crippen LogP contribution in [0.3, 0.4) is 0 Å². The number of aryl methyl sites for hydroxylation is 2. The summed E-state index contributed by atoms with van der Waals surface area (Å²) in [5.41, 5.74) is 3.24. The van der Waals surface area contributed by atoms with E-state index < -0.39 is 0 Å². The predicted molar refractivity (Wildman–Crippen MR) is 105 cm³/mol. The number of halogens is 2. The molecule has 0 fully saturated rings. The van der Waals surface area contributed by atoms with Gasteiger partial charge in [-0.15, -0.1) is 0 Å². The normalized spacial score (nSPS) is 12.5. The summed E-state index contributed by atoms with van der Waals surface area (Å²) in [6.07, 6.45) is 0.897. The van der Waals surface area contributed by atoms with Crippen LogP contribution in [-0.4, -0.2) is 39.3 Å². The Morgan fingerprint density at radius 3 is 2.65 bits per heavy atom. The molecule has 0 spiro atoms. The molecule has 1 aromatic carbocycles. The van der Waals surface area contributed by atoms with Gasteiger partial charge < -0.3 is 10.1 Å². The second kappa shape index (κ2) is 7.78. The van der Waals surface area contributed by atoms with Crippen molar-refractivity contribution in [1.82, 2.24) is 19.6 Å². The molecule has 0 bridgehead atoms. The van der Waals surface area contributed by atoms with Gasteiger partial charge in [0.15, 0.2) is 5.65 Å². The molecule has 3 rings (SSSR count). The zero-order valence-electron chi connectivity index (χ0n) is 15.2. The summed E-state index contributed by atoms with van der Waals surface area (Å²) in [5.74, 6) is 1.29. The van der Waals surface area contributed by atoms with Crippen LogP contribution in [0.1, 0.15) is 24.9 Å². The summed E-state index contributed by atoms with van der Waals surface area (Å²) in [6.45, 7) is 6.46. The number of benzene rings is 1. The van der Waals surface area contributed by atoms with Crippen molar-refractivity contribution in [3.05, 3.63) is 39.8 Å². The Kier molecular flexibility index (Phi) is 5.65. The minimum atomic E-state index is 0.129. The number of nitrogens with zero attached hydrogens (tertiary/aromatic N) is 4. The molecule has 0 saturated heterocycles. The molecule has 2 heterocycles. The molecule has 2 aromatic heterocycles. The Labute approximate surface area is 162 Å². The summed E-state index contributed by atoms with van der Waals surface area (Å²) >= 11 is 12.5. The molecule has 138 valence electrons. The van der Waals surface area contributed by atoms with Gasteiger partial charge in [0.25, 0.3) is 0 Å². The first-order valence-corrected chi connectivity index (χ1v) is 9.15. The van der Waals surface area contributed by atoms with Crippen LogP contribution in [-0.2, 0) is 4.74 Å². The average Bonchev–Trinajstić information content (AvgIpc) is 2.91. The summed E-state index contributed by atoms with van der Waals surface area (Å²) in [4.78, 5) is 9.13. The van der Waals surface area contributed by atoms with Gasteiger partial charge in [0, 0.05) is 17.7 Å². The molecule has 6 nitrogen and oxygen atoms in total. The van der Waals surface area contributed by atoms with Crippen molar-refractivity contribution in [3.63, 3.8) is 0 Å². The summed E-state index contributed by atoms with van der Waals surface area (Å²) in [5, 5.41) is 9.19. The third kappa shape index (κ3) is 3.63. The van der Waals surface area contributed by atoms with Gasteiger partial charge in [-0.1, -0.05) is 36.2 Å². The highest BCUT2D eigenvalue weighted by molar-refractivity contribution is 6.36. The molecule has 0 aliphatic carbocycles. The fourth-order valence-electron chi connectivity index (χ4n) is 2.89. The maximum absolute atomic E-state index is 6.42. The average molecular weight is 394 g/mol. The highest BCUT2D eigenvalue weighted by atomic mass is 35.5. The molecule has 1 unspecified atom stereocenters. The highest BCUT2D eigenvalue weighted by Gasteiger charge is 2.20. The van der Waals surface area contributed by atoms with Crippen LogP contribution in [0.4, 0.5) is 5.95 Å². The third-order valence-corrected chi connectivity index (χ3v) is 4.71. The zero-order chi connectivity index (χ0) is 18.8. The number of hydrogen-bond acceptors (Lipinski definition) is 5. The van der Waals surface area contributed by atoms with Crippen LogP contribution in [0.25, 0.3) is 16.8 Å². The van der Waals surface area contributed by atoms with E-state index in [-0.39, 0.29) is 6.04 Å². The number of nitrogens with one attached hydrogen (secondary N) is 1. The molecule has 1 atom stereocenters. The second-order valence-corrected chi connectivity index (χ2v) is 6.96. The number of ether oxygens (including phenoxy) is 1. The number of aromatic nitrogens is 4. The standard InChI is InChI=1S/C18H21Cl2N5O/c1-5-13(9-26-4)23-18-22-11(3)21-17-16(10(2)24-25(17)18)14-7-6-12(19)8-15(14)20/h6-8,13H,5,9H2,1-4H3,(H,21,22,23). The first kappa shape index (κ1) is 18.9. The van der Waals surface area contributed by atoms with E-state index in [1.165, 1.54) is 0 Å². The Hall–Kier alpha value is -1.89. The molecule has 26 heavy (non-hydrogen) atoms. The van der Waals surface area contributed by atoms with Crippen molar-refractivity contribution in [2.24, 2.45) is 0 Å². The Morgan fingerprint density at radius 1 is 1.23 bits per heavy atom. The van der Waals surface area contributed by atoms with Crippen molar-refractivity contribution < 1.29 is 4.74 Å². The van der Waals surface area contributed by atoms with Gasteiger partial charge in [-0.25, -0.2) is 4.98 Å². The van der Waals surface area contributed by atoms with Gasteiger partial charge in [0.05, 0.1) is 28.9 Å². The summed E-state index contributed by atoms with van der Waals surface area (Å²) < 4.78 is 6.99. The van der Waals surface area contributed by atoms with Gasteiger partial charge in [-0.05, 0) is 32.4 Å². The van der Waals surface area contributed by atoms with E-state index in [4.69, 9.17) is 27.9 Å². The SMILES string of the molecule is CCC(COC)Nc1nc(C)nc2c(-c3ccc(Cl)cc3Cl)c(C)nn12. The summed E-state index contributed by atoms with van der Waals surface area (Å²) in [7, 11) is 1.68. The molecule has 0 aliphatic rings. The van der Waals surface area contributed by atoms with E-state index in [2.05, 4.69) is 27.3 Å². The minimum Gasteiger partial charge on any atom is -0.383 e. The van der Waals surface area contributed by atoms with E-state index in [1.54, 1.807) is 17.7 Å². The van der Waals surface area contributed by atoms with E-state index in [0.29, 0.717) is 34.1 Å². The van der Waals surface area contributed by atoms with Crippen molar-refractivity contribution >= 4 is 34.8 Å². The monoisotopic (exact) mass is 393 g/mol. The maximum atomic E-state index is 6.42. The zero-order valence-corrected chi connectivity index (χ0v) is 16.7. The van der Waals surface area contributed by atoms with Gasteiger partial charge in [-0.2, -0.15) is 14.6 Å². The molecular formula is C18H21Cl2N5O. The summed E-state index contributed by atoms with van der Waals surface area (Å²) in [6, 6.07) is 5.55. The van der Waals surface area contributed by atoms with Gasteiger partial charge in [0.2, 0.25) is 5.95 Å². The lowest BCUT2D eigenvalue weighted by atomic mass is 10.1. The van der Waals surface area contributed by atoms with Gasteiger partial charge in [-0.3, -0.25) is 0 Å². The number of fused-ring (bicyclic) bond motifs is 1. The molecule has 0 radical (unpaired) electrons. The van der Waals surface area contributed by atoms with E-state index in [0.717, 1.165) is 23.2 Å². The highest BCUT2D eigenvalue weighted by Crippen LogP contribution is 2.35. The maximum Gasteiger partial charge on any atom is 0.227 e. The quantitative estimate of drug-likeness (QED) is 0.665. The number of rotatable bonds is 6. The fraction of sp³-hybridized carbons (Fsp3) is 0.389. The molecule has 0 amide bonds. The lowest BCUT2D eigenvalue weighted by Gasteiger charge is -2.17. The first-order valence-electron chi connectivity index (χ1n) is 8.39. The first-order chi connectivity index (χ1) is 12.4. The number of methoxy groups -OCH3 is 1. The van der Waals surface area contributed by atoms with E-state index >= 15 is 0 Å². The molecule has 8 heteroatoms. The third-order valence-electron chi connectivity index (χ3n) is 4.17. The number of anilines is 1.